The first-order valence-electron chi connectivity index (χ1n) is 13.6. The highest BCUT2D eigenvalue weighted by Crippen LogP contribution is 2.33. The number of anilines is 1. The number of likely N-dealkylation sites (tertiary alicyclic amines) is 1. The molecule has 1 saturated heterocycles. The molecule has 4 aromatic heterocycles. The molecule has 218 valence electrons. The Morgan fingerprint density at radius 3 is 2.57 bits per heavy atom. The van der Waals surface area contributed by atoms with E-state index in [2.05, 4.69) is 46.3 Å². The number of fused-ring (bicyclic) bond motifs is 1. The largest absolute Gasteiger partial charge is 0.387 e. The highest BCUT2D eigenvalue weighted by atomic mass is 79.9. The molecule has 0 aliphatic carbocycles. The molecular weight excluding hydrogens is 602 g/mol. The molecule has 0 radical (unpaired) electrons. The van der Waals surface area contributed by atoms with Crippen LogP contribution in [0.1, 0.15) is 50.4 Å². The summed E-state index contributed by atoms with van der Waals surface area (Å²) in [6.07, 6.45) is 4.39. The van der Waals surface area contributed by atoms with Crippen LogP contribution in [0.5, 0.6) is 0 Å². The monoisotopic (exact) mass is 633 g/mol. The average molecular weight is 635 g/mol. The van der Waals surface area contributed by atoms with Gasteiger partial charge >= 0.3 is 0 Å². The van der Waals surface area contributed by atoms with Crippen molar-refractivity contribution in [3.8, 4) is 11.3 Å². The first kappa shape index (κ1) is 29.4. The van der Waals surface area contributed by atoms with Gasteiger partial charge in [0, 0.05) is 41.0 Å². The van der Waals surface area contributed by atoms with Gasteiger partial charge in [0.25, 0.3) is 0 Å². The zero-order valence-corrected chi connectivity index (χ0v) is 25.5. The van der Waals surface area contributed by atoms with E-state index in [9.17, 15) is 14.7 Å². The van der Waals surface area contributed by atoms with Crippen molar-refractivity contribution in [1.82, 2.24) is 34.6 Å². The highest BCUT2D eigenvalue weighted by Gasteiger charge is 2.45. The highest BCUT2D eigenvalue weighted by molar-refractivity contribution is 9.10. The number of carbonyl (C=O) groups is 2. The SMILES string of the molecule is CC(=N)[C@H]1C[C@@H](C(=O)Nc2nc(Br)ccc2C)N(C(=O)Cn2nc(C(C)O)c3cc(-c4cnc(C)nc4)ncc32)[C@@H]1C. The molecule has 4 atom stereocenters. The van der Waals surface area contributed by atoms with Gasteiger partial charge in [-0.1, -0.05) is 6.07 Å². The molecule has 1 unspecified atom stereocenters. The Hall–Kier alpha value is -4.10. The number of hydrogen-bond acceptors (Lipinski definition) is 9. The van der Waals surface area contributed by atoms with Crippen molar-refractivity contribution < 1.29 is 14.7 Å². The van der Waals surface area contributed by atoms with E-state index in [1.165, 1.54) is 4.68 Å². The molecule has 0 aromatic carbocycles. The van der Waals surface area contributed by atoms with Crippen molar-refractivity contribution in [2.75, 3.05) is 5.32 Å². The number of aromatic nitrogens is 6. The molecule has 42 heavy (non-hydrogen) atoms. The number of rotatable bonds is 7. The van der Waals surface area contributed by atoms with Gasteiger partial charge in [0.1, 0.15) is 28.8 Å². The quantitative estimate of drug-likeness (QED) is 0.203. The third-order valence-corrected chi connectivity index (χ3v) is 8.15. The van der Waals surface area contributed by atoms with E-state index in [1.807, 2.05) is 19.9 Å². The van der Waals surface area contributed by atoms with Gasteiger partial charge in [-0.25, -0.2) is 15.0 Å². The summed E-state index contributed by atoms with van der Waals surface area (Å²) in [4.78, 5) is 46.4. The molecule has 5 rings (SSSR count). The van der Waals surface area contributed by atoms with Gasteiger partial charge in [0.05, 0.1) is 29.2 Å². The minimum Gasteiger partial charge on any atom is -0.387 e. The van der Waals surface area contributed by atoms with Crippen molar-refractivity contribution in [2.45, 2.75) is 65.8 Å². The number of aliphatic hydroxyl groups excluding tert-OH is 1. The summed E-state index contributed by atoms with van der Waals surface area (Å²) in [6, 6.07) is 4.24. The summed E-state index contributed by atoms with van der Waals surface area (Å²) in [6.45, 7) is 8.63. The van der Waals surface area contributed by atoms with Crippen LogP contribution >= 0.6 is 15.9 Å². The van der Waals surface area contributed by atoms with Crippen molar-refractivity contribution in [2.24, 2.45) is 5.92 Å². The lowest BCUT2D eigenvalue weighted by molar-refractivity contribution is -0.139. The minimum atomic E-state index is -0.900. The van der Waals surface area contributed by atoms with Gasteiger partial charge in [-0.3, -0.25) is 19.3 Å². The number of carbonyl (C=O) groups excluding carboxylic acids is 2. The molecule has 13 heteroatoms. The predicted octanol–water partition coefficient (Wildman–Crippen LogP) is 4.00. The molecule has 1 aliphatic rings. The van der Waals surface area contributed by atoms with E-state index in [0.717, 1.165) is 5.56 Å². The van der Waals surface area contributed by atoms with E-state index < -0.39 is 12.1 Å². The Balaban J connectivity index is 1.46. The zero-order chi connectivity index (χ0) is 30.3. The fourth-order valence-corrected chi connectivity index (χ4v) is 5.76. The van der Waals surface area contributed by atoms with Crippen LogP contribution in [0.25, 0.3) is 22.2 Å². The molecule has 0 bridgehead atoms. The van der Waals surface area contributed by atoms with Gasteiger partial charge in [-0.15, -0.1) is 0 Å². The molecular formula is C29H32BrN9O3. The third kappa shape index (κ3) is 5.66. The Morgan fingerprint density at radius 1 is 1.19 bits per heavy atom. The van der Waals surface area contributed by atoms with E-state index in [4.69, 9.17) is 5.41 Å². The zero-order valence-electron chi connectivity index (χ0n) is 24.0. The van der Waals surface area contributed by atoms with Crippen LogP contribution in [-0.4, -0.2) is 69.3 Å². The smallest absolute Gasteiger partial charge is 0.248 e. The van der Waals surface area contributed by atoms with Crippen molar-refractivity contribution in [1.29, 1.82) is 5.41 Å². The first-order chi connectivity index (χ1) is 19.9. The Labute approximate surface area is 251 Å². The molecule has 4 aromatic rings. The fraction of sp³-hybridized carbons (Fsp3) is 0.379. The van der Waals surface area contributed by atoms with Crippen molar-refractivity contribution in [3.63, 3.8) is 0 Å². The Morgan fingerprint density at radius 2 is 1.90 bits per heavy atom. The second-order valence-corrected chi connectivity index (χ2v) is 11.5. The van der Waals surface area contributed by atoms with Gasteiger partial charge in [0.15, 0.2) is 0 Å². The number of nitrogens with one attached hydrogen (secondary N) is 2. The summed E-state index contributed by atoms with van der Waals surface area (Å²) in [7, 11) is 0. The van der Waals surface area contributed by atoms with Crippen LogP contribution in [0, 0.1) is 25.2 Å². The molecule has 12 nitrogen and oxygen atoms in total. The number of aliphatic hydroxyl groups is 1. The maximum Gasteiger partial charge on any atom is 0.248 e. The molecule has 0 saturated carbocycles. The fourth-order valence-electron chi connectivity index (χ4n) is 5.45. The normalized spacial score (nSPS) is 19.2. The van der Waals surface area contributed by atoms with E-state index in [-0.39, 0.29) is 30.3 Å². The van der Waals surface area contributed by atoms with Gasteiger partial charge in [-0.2, -0.15) is 5.10 Å². The van der Waals surface area contributed by atoms with Gasteiger partial charge in [-0.05, 0) is 74.7 Å². The van der Waals surface area contributed by atoms with E-state index >= 15 is 0 Å². The lowest BCUT2D eigenvalue weighted by atomic mass is 9.95. The van der Waals surface area contributed by atoms with E-state index in [0.29, 0.717) is 56.2 Å². The number of amides is 2. The lowest BCUT2D eigenvalue weighted by Gasteiger charge is -2.29. The van der Waals surface area contributed by atoms with Crippen LogP contribution in [0.2, 0.25) is 0 Å². The Bertz CT molecular complexity index is 1690. The topological polar surface area (TPSA) is 163 Å². The summed E-state index contributed by atoms with van der Waals surface area (Å²) >= 11 is 3.34. The summed E-state index contributed by atoms with van der Waals surface area (Å²) < 4.78 is 2.09. The molecule has 2 amide bonds. The molecule has 3 N–H and O–H groups in total. The number of hydrogen-bond donors (Lipinski definition) is 3. The van der Waals surface area contributed by atoms with Crippen LogP contribution in [0.4, 0.5) is 5.82 Å². The first-order valence-corrected chi connectivity index (χ1v) is 14.4. The number of nitrogens with zero attached hydrogens (tertiary/aromatic N) is 7. The van der Waals surface area contributed by atoms with Crippen molar-refractivity contribution in [3.05, 3.63) is 58.5 Å². The summed E-state index contributed by atoms with van der Waals surface area (Å²) in [5.74, 6) is 0.0779. The van der Waals surface area contributed by atoms with E-state index in [1.54, 1.807) is 56.4 Å². The summed E-state index contributed by atoms with van der Waals surface area (Å²) in [5, 5.41) is 26.9. The lowest BCUT2D eigenvalue weighted by Crippen LogP contribution is -2.48. The maximum absolute atomic E-state index is 13.9. The van der Waals surface area contributed by atoms with Crippen LogP contribution < -0.4 is 5.32 Å². The van der Waals surface area contributed by atoms with Crippen LogP contribution in [0.15, 0.2) is 41.4 Å². The molecule has 1 fully saturated rings. The average Bonchev–Trinajstić information content (AvgIpc) is 3.49. The van der Waals surface area contributed by atoms with Crippen molar-refractivity contribution >= 4 is 50.2 Å². The van der Waals surface area contributed by atoms with Crippen LogP contribution in [-0.2, 0) is 16.1 Å². The molecule has 5 heterocycles. The standard InChI is InChI=1S/C29H32BrN9O3/c1-14-6-7-25(30)35-28(14)36-29(42)23-9-20(15(2)31)16(3)39(23)26(41)13-38-24-12-34-22(19-10-32-18(5)33-11-19)8-21(24)27(37-38)17(4)40/h6-8,10-12,16-17,20,23,31,40H,9,13H2,1-5H3,(H,35,36,42)/t16-,17?,20-,23+/m1/s1. The Kier molecular flexibility index (Phi) is 8.15. The second-order valence-electron chi connectivity index (χ2n) is 10.7. The second kappa shape index (κ2) is 11.6. The number of halogens is 1. The maximum atomic E-state index is 13.9. The molecule has 1 aliphatic heterocycles. The number of aryl methyl sites for hydroxylation is 2. The summed E-state index contributed by atoms with van der Waals surface area (Å²) in [5.41, 5.74) is 3.49. The van der Waals surface area contributed by atoms with Gasteiger partial charge < -0.3 is 20.7 Å². The molecule has 0 spiro atoms. The number of pyridine rings is 2. The van der Waals surface area contributed by atoms with Gasteiger partial charge in [0.2, 0.25) is 11.8 Å². The third-order valence-electron chi connectivity index (χ3n) is 7.71. The van der Waals surface area contributed by atoms with Crippen LogP contribution in [0.3, 0.4) is 0 Å². The minimum absolute atomic E-state index is 0.177. The predicted molar refractivity (Wildman–Crippen MR) is 161 cm³/mol.